The Bertz CT molecular complexity index is 106. The van der Waals surface area contributed by atoms with E-state index in [9.17, 15) is 9.70 Å². The molecule has 38 valence electrons. The van der Waals surface area contributed by atoms with Crippen LogP contribution in [-0.4, -0.2) is 5.78 Å². The van der Waals surface area contributed by atoms with Crippen LogP contribution in [0.5, 0.6) is 0 Å². The van der Waals surface area contributed by atoms with Gasteiger partial charge in [-0.15, -0.1) is 4.91 Å². The first-order chi connectivity index (χ1) is 3.27. The van der Waals surface area contributed by atoms with E-state index < -0.39 is 0 Å². The van der Waals surface area contributed by atoms with Crippen molar-refractivity contribution in [2.45, 2.75) is 6.92 Å². The first kappa shape index (κ1) is 6.01. The minimum absolute atomic E-state index is 0.167. The maximum absolute atomic E-state index is 9.92. The van der Waals surface area contributed by atoms with Crippen LogP contribution < -0.4 is 0 Å². The molecule has 0 spiro atoms. The van der Waals surface area contributed by atoms with Gasteiger partial charge in [0.15, 0.2) is 5.78 Å². The van der Waals surface area contributed by atoms with Gasteiger partial charge in [-0.2, -0.15) is 0 Å². The van der Waals surface area contributed by atoms with Crippen LogP contribution in [0.25, 0.3) is 0 Å². The van der Waals surface area contributed by atoms with Gasteiger partial charge in [-0.3, -0.25) is 4.79 Å². The zero-order chi connectivity index (χ0) is 5.70. The van der Waals surface area contributed by atoms with Crippen LogP contribution in [0.15, 0.2) is 17.5 Å². The van der Waals surface area contributed by atoms with Crippen LogP contribution in [-0.2, 0) is 4.79 Å². The van der Waals surface area contributed by atoms with Gasteiger partial charge in [0.05, 0.1) is 6.20 Å². The largest absolute Gasteiger partial charge is 0.295 e. The van der Waals surface area contributed by atoms with Crippen LogP contribution in [0.2, 0.25) is 0 Å². The normalized spacial score (nSPS) is 9.29. The predicted octanol–water partition coefficient (Wildman–Crippen LogP) is 0.855. The summed E-state index contributed by atoms with van der Waals surface area (Å²) in [5, 5.41) is 2.32. The molecule has 0 aromatic carbocycles. The van der Waals surface area contributed by atoms with Crippen molar-refractivity contribution in [3.8, 4) is 0 Å². The lowest BCUT2D eigenvalue weighted by Gasteiger charge is -1.67. The molecular weight excluding hydrogens is 94.0 g/mol. The molecule has 7 heavy (non-hydrogen) atoms. The lowest BCUT2D eigenvalue weighted by atomic mass is 10.4. The smallest absolute Gasteiger partial charge is 0.154 e. The SMILES string of the molecule is CC(=O)/C=C/N=O. The first-order valence-corrected chi connectivity index (χ1v) is 1.77. The molecule has 0 aliphatic rings. The number of nitrogens with zero attached hydrogens (tertiary/aromatic N) is 1. The van der Waals surface area contributed by atoms with Gasteiger partial charge in [0.25, 0.3) is 0 Å². The Morgan fingerprint density at radius 1 is 1.71 bits per heavy atom. The Balaban J connectivity index is 3.46. The first-order valence-electron chi connectivity index (χ1n) is 1.77. The van der Waals surface area contributed by atoms with Crippen molar-refractivity contribution in [3.63, 3.8) is 0 Å². The van der Waals surface area contributed by atoms with Gasteiger partial charge in [0.1, 0.15) is 0 Å². The average molecular weight is 99.1 g/mol. The average Bonchev–Trinajstić information content (AvgIpc) is 1.61. The van der Waals surface area contributed by atoms with Gasteiger partial charge < -0.3 is 0 Å². The van der Waals surface area contributed by atoms with Gasteiger partial charge in [0.2, 0.25) is 0 Å². The molecule has 0 saturated heterocycles. The third-order valence-electron chi connectivity index (χ3n) is 0.370. The topological polar surface area (TPSA) is 46.5 Å². The number of carbonyl (C=O) groups excluding carboxylic acids is 1. The molecule has 0 rings (SSSR count). The van der Waals surface area contributed by atoms with Crippen molar-refractivity contribution in [1.29, 1.82) is 0 Å². The molecule has 0 radical (unpaired) electrons. The van der Waals surface area contributed by atoms with Crippen molar-refractivity contribution in [2.24, 2.45) is 5.18 Å². The van der Waals surface area contributed by atoms with E-state index in [1.54, 1.807) is 0 Å². The molecule has 0 aromatic rings. The van der Waals surface area contributed by atoms with Crippen molar-refractivity contribution >= 4 is 5.78 Å². The van der Waals surface area contributed by atoms with Crippen LogP contribution in [0.1, 0.15) is 6.92 Å². The highest BCUT2D eigenvalue weighted by molar-refractivity contribution is 5.87. The van der Waals surface area contributed by atoms with Crippen LogP contribution >= 0.6 is 0 Å². The van der Waals surface area contributed by atoms with Crippen LogP contribution in [0.4, 0.5) is 0 Å². The van der Waals surface area contributed by atoms with Crippen molar-refractivity contribution in [1.82, 2.24) is 0 Å². The molecule has 0 heterocycles. The lowest BCUT2D eigenvalue weighted by molar-refractivity contribution is -0.112. The van der Waals surface area contributed by atoms with Gasteiger partial charge in [-0.1, -0.05) is 0 Å². The summed E-state index contributed by atoms with van der Waals surface area (Å²) in [6.45, 7) is 1.35. The van der Waals surface area contributed by atoms with Crippen molar-refractivity contribution in [3.05, 3.63) is 17.2 Å². The van der Waals surface area contributed by atoms with E-state index >= 15 is 0 Å². The number of hydrogen-bond acceptors (Lipinski definition) is 3. The highest BCUT2D eigenvalue weighted by Gasteiger charge is 1.76. The second-order valence-electron chi connectivity index (χ2n) is 1.03. The number of allylic oxidation sites excluding steroid dienone is 1. The molecule has 0 amide bonds. The Morgan fingerprint density at radius 2 is 2.29 bits per heavy atom. The van der Waals surface area contributed by atoms with E-state index in [-0.39, 0.29) is 5.78 Å². The minimum Gasteiger partial charge on any atom is -0.295 e. The standard InChI is InChI=1S/C4H5NO2/c1-4(6)2-3-5-7/h2-3H,1H3/b3-2+. The molecule has 0 fully saturated rings. The zero-order valence-electron chi connectivity index (χ0n) is 3.92. The third-order valence-corrected chi connectivity index (χ3v) is 0.370. The summed E-state index contributed by atoms with van der Waals surface area (Å²) < 4.78 is 0. The van der Waals surface area contributed by atoms with Gasteiger partial charge in [-0.05, 0) is 12.1 Å². The fourth-order valence-corrected chi connectivity index (χ4v) is 0.135. The Labute approximate surface area is 41.0 Å². The molecule has 0 saturated carbocycles. The maximum atomic E-state index is 9.92. The fourth-order valence-electron chi connectivity index (χ4n) is 0.135. The fraction of sp³-hybridized carbons (Fsp3) is 0.250. The summed E-state index contributed by atoms with van der Waals surface area (Å²) in [6.07, 6.45) is 2.02. The highest BCUT2D eigenvalue weighted by Crippen LogP contribution is 1.72. The van der Waals surface area contributed by atoms with E-state index in [4.69, 9.17) is 0 Å². The van der Waals surface area contributed by atoms with Crippen LogP contribution in [0.3, 0.4) is 0 Å². The van der Waals surface area contributed by atoms with Crippen LogP contribution in [0, 0.1) is 4.91 Å². The van der Waals surface area contributed by atoms with Crippen molar-refractivity contribution in [2.75, 3.05) is 0 Å². The second kappa shape index (κ2) is 3.21. The van der Waals surface area contributed by atoms with E-state index in [1.807, 2.05) is 0 Å². The number of ketones is 1. The molecule has 0 unspecified atom stereocenters. The van der Waals surface area contributed by atoms with E-state index in [0.29, 0.717) is 0 Å². The molecule has 0 aromatic heterocycles. The molecular formula is C4H5NO2. The Hall–Kier alpha value is -0.990. The van der Waals surface area contributed by atoms with E-state index in [0.717, 1.165) is 12.3 Å². The molecule has 0 aliphatic heterocycles. The Morgan fingerprint density at radius 3 is 2.43 bits per heavy atom. The molecule has 3 heteroatoms. The predicted molar refractivity (Wildman–Crippen MR) is 25.6 cm³/mol. The number of nitroso groups, excluding NO2 is 1. The summed E-state index contributed by atoms with van der Waals surface area (Å²) >= 11 is 0. The summed E-state index contributed by atoms with van der Waals surface area (Å²) in [5.41, 5.74) is 0. The molecule has 3 nitrogen and oxygen atoms in total. The monoisotopic (exact) mass is 99.0 g/mol. The zero-order valence-corrected chi connectivity index (χ0v) is 3.92. The highest BCUT2D eigenvalue weighted by atomic mass is 16.2. The number of hydrogen-bond donors (Lipinski definition) is 0. The molecule has 0 bridgehead atoms. The summed E-state index contributed by atoms with van der Waals surface area (Å²) in [7, 11) is 0. The molecule has 0 N–H and O–H groups in total. The maximum Gasteiger partial charge on any atom is 0.154 e. The summed E-state index contributed by atoms with van der Waals surface area (Å²) in [5.74, 6) is -0.167. The van der Waals surface area contributed by atoms with Gasteiger partial charge in [-0.25, -0.2) is 0 Å². The van der Waals surface area contributed by atoms with Gasteiger partial charge in [0, 0.05) is 6.08 Å². The van der Waals surface area contributed by atoms with E-state index in [1.165, 1.54) is 6.92 Å². The second-order valence-corrected chi connectivity index (χ2v) is 1.03. The minimum atomic E-state index is -0.167. The molecule has 0 atom stereocenters. The number of carbonyl (C=O) groups is 1. The summed E-state index contributed by atoms with van der Waals surface area (Å²) in [6, 6.07) is 0. The van der Waals surface area contributed by atoms with Gasteiger partial charge >= 0.3 is 0 Å². The third kappa shape index (κ3) is 5.01. The summed E-state index contributed by atoms with van der Waals surface area (Å²) in [4.78, 5) is 19.1. The quantitative estimate of drug-likeness (QED) is 0.380. The van der Waals surface area contributed by atoms with E-state index in [2.05, 4.69) is 5.18 Å². The number of rotatable bonds is 2. The Kier molecular flexibility index (Phi) is 2.76. The van der Waals surface area contributed by atoms with Crippen molar-refractivity contribution < 1.29 is 4.79 Å². The molecule has 0 aliphatic carbocycles. The lowest BCUT2D eigenvalue weighted by Crippen LogP contribution is -1.76.